The lowest BCUT2D eigenvalue weighted by atomic mass is 10.2. The van der Waals surface area contributed by atoms with Gasteiger partial charge in [-0.25, -0.2) is 4.79 Å². The van der Waals surface area contributed by atoms with E-state index in [1.165, 1.54) is 0 Å². The molecule has 0 atom stereocenters. The first-order valence-corrected chi connectivity index (χ1v) is 5.66. The van der Waals surface area contributed by atoms with Crippen LogP contribution in [0.5, 0.6) is 0 Å². The van der Waals surface area contributed by atoms with Crippen LogP contribution in [0.25, 0.3) is 0 Å². The molecule has 0 aliphatic heterocycles. The molecule has 0 aliphatic carbocycles. The van der Waals surface area contributed by atoms with Crippen molar-refractivity contribution in [2.24, 2.45) is 0 Å². The van der Waals surface area contributed by atoms with Crippen molar-refractivity contribution in [2.75, 3.05) is 6.61 Å². The summed E-state index contributed by atoms with van der Waals surface area (Å²) in [5.41, 5.74) is 0.0830. The Morgan fingerprint density at radius 1 is 1.13 bits per heavy atom. The SMILES string of the molecule is CCn1ccn(CCCCCCO)c1=O. The van der Waals surface area contributed by atoms with Crippen molar-refractivity contribution in [1.82, 2.24) is 9.13 Å². The number of hydrogen-bond acceptors (Lipinski definition) is 2. The van der Waals surface area contributed by atoms with Crippen LogP contribution < -0.4 is 5.69 Å². The summed E-state index contributed by atoms with van der Waals surface area (Å²) in [6.07, 6.45) is 7.66. The second-order valence-electron chi connectivity index (χ2n) is 3.70. The highest BCUT2D eigenvalue weighted by molar-refractivity contribution is 4.80. The Labute approximate surface area is 90.2 Å². The number of aliphatic hydroxyl groups excluding tert-OH is 1. The lowest BCUT2D eigenvalue weighted by Gasteiger charge is -2.01. The van der Waals surface area contributed by atoms with Crippen molar-refractivity contribution in [2.45, 2.75) is 45.7 Å². The maximum Gasteiger partial charge on any atom is 0.328 e. The molecule has 0 unspecified atom stereocenters. The van der Waals surface area contributed by atoms with Crippen LogP contribution in [0, 0.1) is 0 Å². The van der Waals surface area contributed by atoms with Crippen LogP contribution in [0.1, 0.15) is 32.6 Å². The van der Waals surface area contributed by atoms with Crippen molar-refractivity contribution in [3.05, 3.63) is 22.9 Å². The molecular weight excluding hydrogens is 192 g/mol. The summed E-state index contributed by atoms with van der Waals surface area (Å²) in [7, 11) is 0. The normalized spacial score (nSPS) is 10.8. The Bertz CT molecular complexity index is 328. The van der Waals surface area contributed by atoms with Gasteiger partial charge in [0, 0.05) is 32.1 Å². The molecule has 1 rings (SSSR count). The molecule has 0 amide bonds. The third-order valence-electron chi connectivity index (χ3n) is 2.57. The Balaban J connectivity index is 2.31. The first-order chi connectivity index (χ1) is 7.29. The largest absolute Gasteiger partial charge is 0.396 e. The first kappa shape index (κ1) is 12.0. The minimum absolute atomic E-state index is 0.0830. The quantitative estimate of drug-likeness (QED) is 0.691. The standard InChI is InChI=1S/C11H20N2O2/c1-2-12-8-9-13(11(12)15)7-5-3-4-6-10-14/h8-9,14H,2-7,10H2,1H3. The van der Waals surface area contributed by atoms with E-state index in [2.05, 4.69) is 0 Å². The molecule has 0 aromatic carbocycles. The van der Waals surface area contributed by atoms with E-state index in [9.17, 15) is 4.79 Å². The van der Waals surface area contributed by atoms with E-state index >= 15 is 0 Å². The van der Waals surface area contributed by atoms with E-state index < -0.39 is 0 Å². The second-order valence-corrected chi connectivity index (χ2v) is 3.70. The third-order valence-corrected chi connectivity index (χ3v) is 2.57. The monoisotopic (exact) mass is 212 g/mol. The van der Waals surface area contributed by atoms with Crippen LogP contribution in [-0.4, -0.2) is 20.8 Å². The highest BCUT2D eigenvalue weighted by Gasteiger charge is 2.00. The molecule has 1 aromatic rings. The third kappa shape index (κ3) is 3.55. The van der Waals surface area contributed by atoms with Crippen molar-refractivity contribution >= 4 is 0 Å². The molecule has 0 spiro atoms. The maximum atomic E-state index is 11.6. The highest BCUT2D eigenvalue weighted by atomic mass is 16.2. The lowest BCUT2D eigenvalue weighted by molar-refractivity contribution is 0.282. The molecule has 15 heavy (non-hydrogen) atoms. The fraction of sp³-hybridized carbons (Fsp3) is 0.727. The van der Waals surface area contributed by atoms with E-state index in [0.29, 0.717) is 0 Å². The predicted octanol–water partition coefficient (Wildman–Crippen LogP) is 1.22. The summed E-state index contributed by atoms with van der Waals surface area (Å²) in [6.45, 7) is 3.76. The van der Waals surface area contributed by atoms with Crippen molar-refractivity contribution in [3.8, 4) is 0 Å². The van der Waals surface area contributed by atoms with Crippen LogP contribution in [0.2, 0.25) is 0 Å². The molecule has 1 N–H and O–H groups in total. The zero-order chi connectivity index (χ0) is 11.1. The summed E-state index contributed by atoms with van der Waals surface area (Å²) < 4.78 is 3.45. The summed E-state index contributed by atoms with van der Waals surface area (Å²) in [6, 6.07) is 0. The lowest BCUT2D eigenvalue weighted by Crippen LogP contribution is -2.23. The molecule has 1 aromatic heterocycles. The highest BCUT2D eigenvalue weighted by Crippen LogP contribution is 2.00. The minimum Gasteiger partial charge on any atom is -0.396 e. The van der Waals surface area contributed by atoms with Gasteiger partial charge in [0.2, 0.25) is 0 Å². The Morgan fingerprint density at radius 2 is 1.80 bits per heavy atom. The predicted molar refractivity (Wildman–Crippen MR) is 59.9 cm³/mol. The maximum absolute atomic E-state index is 11.6. The molecule has 0 bridgehead atoms. The van der Waals surface area contributed by atoms with Crippen LogP contribution in [0.3, 0.4) is 0 Å². The average Bonchev–Trinajstić information content (AvgIpc) is 2.60. The first-order valence-electron chi connectivity index (χ1n) is 5.66. The molecule has 0 saturated heterocycles. The van der Waals surface area contributed by atoms with E-state index in [1.54, 1.807) is 9.13 Å². The molecule has 0 fully saturated rings. The van der Waals surface area contributed by atoms with E-state index in [0.717, 1.165) is 38.8 Å². The molecule has 0 saturated carbocycles. The number of aliphatic hydroxyl groups is 1. The van der Waals surface area contributed by atoms with Gasteiger partial charge in [-0.3, -0.25) is 9.13 Å². The summed E-state index contributed by atoms with van der Waals surface area (Å²) in [5.74, 6) is 0. The van der Waals surface area contributed by atoms with Gasteiger partial charge in [0.05, 0.1) is 0 Å². The topological polar surface area (TPSA) is 47.2 Å². The van der Waals surface area contributed by atoms with Gasteiger partial charge in [-0.15, -0.1) is 0 Å². The molecule has 1 heterocycles. The number of imidazole rings is 1. The van der Waals surface area contributed by atoms with Gasteiger partial charge in [0.25, 0.3) is 0 Å². The molecule has 4 nitrogen and oxygen atoms in total. The number of unbranched alkanes of at least 4 members (excludes halogenated alkanes) is 3. The van der Waals surface area contributed by atoms with Gasteiger partial charge >= 0.3 is 5.69 Å². The minimum atomic E-state index is 0.0830. The van der Waals surface area contributed by atoms with Gasteiger partial charge in [0.15, 0.2) is 0 Å². The number of rotatable bonds is 7. The summed E-state index contributed by atoms with van der Waals surface area (Å²) >= 11 is 0. The Morgan fingerprint density at radius 3 is 2.40 bits per heavy atom. The molecular formula is C11H20N2O2. The van der Waals surface area contributed by atoms with Crippen LogP contribution in [-0.2, 0) is 13.1 Å². The van der Waals surface area contributed by atoms with Gasteiger partial charge in [0.1, 0.15) is 0 Å². The van der Waals surface area contributed by atoms with Crippen molar-refractivity contribution in [1.29, 1.82) is 0 Å². The fourth-order valence-electron chi connectivity index (χ4n) is 1.61. The molecule has 0 aliphatic rings. The van der Waals surface area contributed by atoms with Gasteiger partial charge in [-0.2, -0.15) is 0 Å². The zero-order valence-corrected chi connectivity index (χ0v) is 9.35. The van der Waals surface area contributed by atoms with Gasteiger partial charge in [-0.05, 0) is 19.8 Å². The van der Waals surface area contributed by atoms with Crippen LogP contribution >= 0.6 is 0 Å². The Hall–Kier alpha value is -1.03. The number of nitrogens with zero attached hydrogens (tertiary/aromatic N) is 2. The van der Waals surface area contributed by atoms with E-state index in [-0.39, 0.29) is 12.3 Å². The average molecular weight is 212 g/mol. The Kier molecular flexibility index (Phi) is 5.18. The van der Waals surface area contributed by atoms with Crippen LogP contribution in [0.4, 0.5) is 0 Å². The summed E-state index contributed by atoms with van der Waals surface area (Å²) in [4.78, 5) is 11.6. The molecule has 0 radical (unpaired) electrons. The number of aryl methyl sites for hydroxylation is 2. The smallest absolute Gasteiger partial charge is 0.328 e. The molecule has 4 heteroatoms. The number of aromatic nitrogens is 2. The van der Waals surface area contributed by atoms with Crippen molar-refractivity contribution < 1.29 is 5.11 Å². The van der Waals surface area contributed by atoms with E-state index in [1.807, 2.05) is 19.3 Å². The van der Waals surface area contributed by atoms with Gasteiger partial charge < -0.3 is 5.11 Å². The zero-order valence-electron chi connectivity index (χ0n) is 9.35. The van der Waals surface area contributed by atoms with Gasteiger partial charge in [-0.1, -0.05) is 12.8 Å². The fourth-order valence-corrected chi connectivity index (χ4v) is 1.61. The molecule has 86 valence electrons. The van der Waals surface area contributed by atoms with E-state index in [4.69, 9.17) is 5.11 Å². The summed E-state index contributed by atoms with van der Waals surface area (Å²) in [5, 5.41) is 8.60. The van der Waals surface area contributed by atoms with Crippen LogP contribution in [0.15, 0.2) is 17.2 Å². The number of hydrogen-bond donors (Lipinski definition) is 1. The van der Waals surface area contributed by atoms with Crippen molar-refractivity contribution in [3.63, 3.8) is 0 Å². The second kappa shape index (κ2) is 6.45.